The number of benzene rings is 2. The Morgan fingerprint density at radius 3 is 2.19 bits per heavy atom. The molecule has 0 fully saturated rings. The molecular weight excluding hydrogens is 398 g/mol. The van der Waals surface area contributed by atoms with Crippen molar-refractivity contribution in [1.29, 1.82) is 0 Å². The lowest BCUT2D eigenvalue weighted by molar-refractivity contribution is -0.138. The number of pyridine rings is 1. The smallest absolute Gasteiger partial charge is 0.278 e. The number of amides is 2. The summed E-state index contributed by atoms with van der Waals surface area (Å²) in [5.41, 5.74) is 4.98. The number of carbonyl (C=O) groups is 2. The summed E-state index contributed by atoms with van der Waals surface area (Å²) in [6.45, 7) is 5.57. The third kappa shape index (κ3) is 4.47. The zero-order valence-electron chi connectivity index (χ0n) is 18.5. The van der Waals surface area contributed by atoms with Crippen LogP contribution in [-0.2, 0) is 22.6 Å². The lowest BCUT2D eigenvalue weighted by Crippen LogP contribution is -2.35. The van der Waals surface area contributed by atoms with Crippen LogP contribution in [0.5, 0.6) is 0 Å². The second kappa shape index (κ2) is 9.60. The van der Waals surface area contributed by atoms with Crippen LogP contribution in [0.1, 0.15) is 29.2 Å². The molecule has 0 saturated heterocycles. The van der Waals surface area contributed by atoms with Crippen molar-refractivity contribution in [3.05, 3.63) is 107 Å². The molecule has 0 spiro atoms. The monoisotopic (exact) mass is 425 g/mol. The fraction of sp³-hybridized carbons (Fsp3) is 0.222. The zero-order chi connectivity index (χ0) is 22.5. The van der Waals surface area contributed by atoms with Crippen LogP contribution in [0.15, 0.2) is 84.8 Å². The highest BCUT2D eigenvalue weighted by Gasteiger charge is 2.41. The molecule has 5 nitrogen and oxygen atoms in total. The van der Waals surface area contributed by atoms with Gasteiger partial charge in [-0.25, -0.2) is 0 Å². The van der Waals surface area contributed by atoms with Crippen LogP contribution in [0.4, 0.5) is 0 Å². The molecule has 0 aliphatic carbocycles. The van der Waals surface area contributed by atoms with Crippen molar-refractivity contribution >= 4 is 17.4 Å². The number of aromatic nitrogens is 1. The van der Waals surface area contributed by atoms with Gasteiger partial charge in [0.15, 0.2) is 0 Å². The van der Waals surface area contributed by atoms with Crippen molar-refractivity contribution in [1.82, 2.24) is 14.8 Å². The number of aryl methyl sites for hydroxylation is 1. The second-order valence-corrected chi connectivity index (χ2v) is 7.96. The van der Waals surface area contributed by atoms with E-state index in [1.165, 1.54) is 4.90 Å². The minimum Gasteiger partial charge on any atom is -0.366 e. The average Bonchev–Trinajstić information content (AvgIpc) is 3.07. The number of imide groups is 1. The Kier molecular flexibility index (Phi) is 6.45. The minimum atomic E-state index is -0.237. The highest BCUT2D eigenvalue weighted by atomic mass is 16.2. The predicted molar refractivity (Wildman–Crippen MR) is 125 cm³/mol. The molecule has 0 N–H and O–H groups in total. The largest absolute Gasteiger partial charge is 0.366 e. The lowest BCUT2D eigenvalue weighted by atomic mass is 10.0. The third-order valence-electron chi connectivity index (χ3n) is 5.79. The molecule has 0 radical (unpaired) electrons. The molecule has 3 aromatic rings. The van der Waals surface area contributed by atoms with E-state index in [0.29, 0.717) is 24.4 Å². The molecule has 1 aliphatic rings. The number of hydrogen-bond donors (Lipinski definition) is 0. The van der Waals surface area contributed by atoms with Crippen molar-refractivity contribution in [2.24, 2.45) is 0 Å². The fourth-order valence-electron chi connectivity index (χ4n) is 3.98. The molecule has 0 bridgehead atoms. The van der Waals surface area contributed by atoms with Crippen molar-refractivity contribution in [3.63, 3.8) is 0 Å². The molecule has 5 heteroatoms. The summed E-state index contributed by atoms with van der Waals surface area (Å²) in [5.74, 6) is -0.467. The Morgan fingerprint density at radius 2 is 1.53 bits per heavy atom. The topological polar surface area (TPSA) is 53.5 Å². The number of likely N-dealkylation sites (N-methyl/N-ethyl adjacent to an activating group) is 1. The number of hydrogen-bond acceptors (Lipinski definition) is 4. The molecule has 2 aromatic carbocycles. The molecule has 0 atom stereocenters. The molecule has 2 amide bonds. The maximum atomic E-state index is 13.6. The second-order valence-electron chi connectivity index (χ2n) is 7.96. The van der Waals surface area contributed by atoms with Gasteiger partial charge in [-0.3, -0.25) is 19.5 Å². The standard InChI is InChI=1S/C27H27N3O2/c1-3-29(18-15-21-13-16-28-17-14-21)25-24(23-7-5-4-6-8-23)26(31)30(27(25)32)19-22-11-9-20(2)10-12-22/h4-14,16-17H,3,15,18-19H2,1-2H3. The van der Waals surface area contributed by atoms with E-state index in [-0.39, 0.29) is 18.4 Å². The summed E-state index contributed by atoms with van der Waals surface area (Å²) in [6, 6.07) is 21.4. The average molecular weight is 426 g/mol. The van der Waals surface area contributed by atoms with Crippen LogP contribution < -0.4 is 0 Å². The van der Waals surface area contributed by atoms with E-state index in [1.54, 1.807) is 12.4 Å². The summed E-state index contributed by atoms with van der Waals surface area (Å²) in [6.07, 6.45) is 4.31. The van der Waals surface area contributed by atoms with E-state index in [4.69, 9.17) is 0 Å². The summed E-state index contributed by atoms with van der Waals surface area (Å²) in [4.78, 5) is 34.6. The summed E-state index contributed by atoms with van der Waals surface area (Å²) < 4.78 is 0. The van der Waals surface area contributed by atoms with Crippen LogP contribution in [-0.4, -0.2) is 39.7 Å². The van der Waals surface area contributed by atoms with Gasteiger partial charge in [0.1, 0.15) is 5.70 Å². The van der Waals surface area contributed by atoms with Crippen LogP contribution in [0.3, 0.4) is 0 Å². The van der Waals surface area contributed by atoms with Crippen LogP contribution in [0, 0.1) is 6.92 Å². The number of nitrogens with zero attached hydrogens (tertiary/aromatic N) is 3. The highest BCUT2D eigenvalue weighted by molar-refractivity contribution is 6.35. The van der Waals surface area contributed by atoms with Gasteiger partial charge in [0.25, 0.3) is 11.8 Å². The fourth-order valence-corrected chi connectivity index (χ4v) is 3.98. The van der Waals surface area contributed by atoms with Gasteiger partial charge in [-0.05, 0) is 49.1 Å². The van der Waals surface area contributed by atoms with Gasteiger partial charge in [0.05, 0.1) is 12.1 Å². The van der Waals surface area contributed by atoms with Gasteiger partial charge < -0.3 is 4.90 Å². The Morgan fingerprint density at radius 1 is 0.844 bits per heavy atom. The Labute approximate surface area is 189 Å². The number of carbonyl (C=O) groups excluding carboxylic acids is 2. The maximum absolute atomic E-state index is 13.6. The van der Waals surface area contributed by atoms with Gasteiger partial charge in [-0.15, -0.1) is 0 Å². The quantitative estimate of drug-likeness (QED) is 0.507. The van der Waals surface area contributed by atoms with Gasteiger partial charge in [-0.2, -0.15) is 0 Å². The van der Waals surface area contributed by atoms with Crippen molar-refractivity contribution in [2.75, 3.05) is 13.1 Å². The maximum Gasteiger partial charge on any atom is 0.278 e. The molecule has 0 unspecified atom stereocenters. The Balaban J connectivity index is 1.67. The van der Waals surface area contributed by atoms with E-state index in [1.807, 2.05) is 85.5 Å². The van der Waals surface area contributed by atoms with Gasteiger partial charge in [0, 0.05) is 25.5 Å². The van der Waals surface area contributed by atoms with E-state index in [2.05, 4.69) is 4.98 Å². The van der Waals surface area contributed by atoms with E-state index in [0.717, 1.165) is 28.7 Å². The SMILES string of the molecule is CCN(CCc1ccncc1)C1=C(c2ccccc2)C(=O)N(Cc2ccc(C)cc2)C1=O. The first-order valence-corrected chi connectivity index (χ1v) is 10.9. The first-order chi connectivity index (χ1) is 15.6. The normalized spacial score (nSPS) is 13.8. The van der Waals surface area contributed by atoms with E-state index >= 15 is 0 Å². The molecule has 4 rings (SSSR count). The first kappa shape index (κ1) is 21.5. The molecule has 32 heavy (non-hydrogen) atoms. The Hall–Kier alpha value is -3.73. The molecule has 0 saturated carbocycles. The predicted octanol–water partition coefficient (Wildman–Crippen LogP) is 4.23. The van der Waals surface area contributed by atoms with E-state index < -0.39 is 0 Å². The van der Waals surface area contributed by atoms with Crippen LogP contribution >= 0.6 is 0 Å². The first-order valence-electron chi connectivity index (χ1n) is 10.9. The minimum absolute atomic E-state index is 0.231. The van der Waals surface area contributed by atoms with Crippen molar-refractivity contribution in [2.45, 2.75) is 26.8 Å². The van der Waals surface area contributed by atoms with E-state index in [9.17, 15) is 9.59 Å². The van der Waals surface area contributed by atoms with Gasteiger partial charge in [-0.1, -0.05) is 60.2 Å². The summed E-state index contributed by atoms with van der Waals surface area (Å²) in [5, 5.41) is 0. The van der Waals surface area contributed by atoms with Crippen LogP contribution in [0.2, 0.25) is 0 Å². The highest BCUT2D eigenvalue weighted by Crippen LogP contribution is 2.32. The molecule has 2 heterocycles. The van der Waals surface area contributed by atoms with Gasteiger partial charge in [0.2, 0.25) is 0 Å². The summed E-state index contributed by atoms with van der Waals surface area (Å²) >= 11 is 0. The molecule has 1 aromatic heterocycles. The Bertz CT molecular complexity index is 1120. The molecule has 162 valence electrons. The molecule has 1 aliphatic heterocycles. The molecular formula is C27H27N3O2. The zero-order valence-corrected chi connectivity index (χ0v) is 18.5. The third-order valence-corrected chi connectivity index (χ3v) is 5.79. The van der Waals surface area contributed by atoms with Crippen molar-refractivity contribution < 1.29 is 9.59 Å². The van der Waals surface area contributed by atoms with Crippen LogP contribution in [0.25, 0.3) is 5.57 Å². The van der Waals surface area contributed by atoms with Crippen molar-refractivity contribution in [3.8, 4) is 0 Å². The van der Waals surface area contributed by atoms with Gasteiger partial charge >= 0.3 is 0 Å². The lowest BCUT2D eigenvalue weighted by Gasteiger charge is -2.25. The summed E-state index contributed by atoms with van der Waals surface area (Å²) in [7, 11) is 0. The number of rotatable bonds is 8.